The molecule has 0 aliphatic carbocycles. The molecular formula is C24H21BrN2O3. The van der Waals surface area contributed by atoms with Crippen LogP contribution in [-0.2, 0) is 0 Å². The molecule has 6 heteroatoms. The highest BCUT2D eigenvalue weighted by Crippen LogP contribution is 2.49. The van der Waals surface area contributed by atoms with Crippen LogP contribution in [0.25, 0.3) is 0 Å². The zero-order valence-corrected chi connectivity index (χ0v) is 18.3. The second-order valence-corrected chi connectivity index (χ2v) is 8.19. The van der Waals surface area contributed by atoms with E-state index in [1.54, 1.807) is 14.2 Å². The molecule has 3 aromatic carbocycles. The van der Waals surface area contributed by atoms with Crippen molar-refractivity contribution in [1.82, 2.24) is 5.01 Å². The molecule has 5 nitrogen and oxygen atoms in total. The summed E-state index contributed by atoms with van der Waals surface area (Å²) < 4.78 is 18.6. The van der Waals surface area contributed by atoms with Gasteiger partial charge in [0.05, 0.1) is 31.5 Å². The van der Waals surface area contributed by atoms with Gasteiger partial charge in [0.2, 0.25) is 6.23 Å². The van der Waals surface area contributed by atoms with Crippen molar-refractivity contribution in [3.8, 4) is 17.2 Å². The molecule has 3 aromatic rings. The van der Waals surface area contributed by atoms with Gasteiger partial charge in [0.1, 0.15) is 17.2 Å². The first-order chi connectivity index (χ1) is 14.7. The van der Waals surface area contributed by atoms with E-state index in [-0.39, 0.29) is 6.04 Å². The van der Waals surface area contributed by atoms with E-state index < -0.39 is 6.23 Å². The first kappa shape index (κ1) is 19.0. The molecule has 0 unspecified atom stereocenters. The van der Waals surface area contributed by atoms with Crippen LogP contribution in [0.15, 0.2) is 76.3 Å². The third-order valence-electron chi connectivity index (χ3n) is 5.58. The average molecular weight is 465 g/mol. The van der Waals surface area contributed by atoms with Gasteiger partial charge < -0.3 is 14.2 Å². The van der Waals surface area contributed by atoms with Crippen LogP contribution in [0.5, 0.6) is 17.2 Å². The van der Waals surface area contributed by atoms with Crippen LogP contribution in [0.3, 0.4) is 0 Å². The van der Waals surface area contributed by atoms with Crippen LogP contribution in [0, 0.1) is 0 Å². The van der Waals surface area contributed by atoms with E-state index in [9.17, 15) is 0 Å². The van der Waals surface area contributed by atoms with Gasteiger partial charge in [-0.05, 0) is 42.0 Å². The molecule has 0 fully saturated rings. The van der Waals surface area contributed by atoms with Gasteiger partial charge in [-0.2, -0.15) is 5.10 Å². The number of methoxy groups -OCH3 is 2. The summed E-state index contributed by atoms with van der Waals surface area (Å²) in [6.45, 7) is 0. The molecule has 2 aliphatic heterocycles. The number of halogens is 1. The molecule has 0 saturated heterocycles. The van der Waals surface area contributed by atoms with E-state index in [4.69, 9.17) is 19.3 Å². The predicted molar refractivity (Wildman–Crippen MR) is 119 cm³/mol. The fourth-order valence-corrected chi connectivity index (χ4v) is 4.35. The number of hydrogen-bond donors (Lipinski definition) is 0. The van der Waals surface area contributed by atoms with Crippen LogP contribution in [0.1, 0.15) is 35.4 Å². The van der Waals surface area contributed by atoms with Crippen LogP contribution in [-0.4, -0.2) is 24.9 Å². The van der Waals surface area contributed by atoms with Gasteiger partial charge in [-0.25, -0.2) is 5.01 Å². The molecule has 5 rings (SSSR count). The smallest absolute Gasteiger partial charge is 0.217 e. The summed E-state index contributed by atoms with van der Waals surface area (Å²) in [5, 5.41) is 7.06. The Bertz CT molecular complexity index is 1110. The number of benzene rings is 3. The normalized spacial score (nSPS) is 19.4. The molecule has 2 aliphatic rings. The Hall–Kier alpha value is -2.99. The first-order valence-electron chi connectivity index (χ1n) is 9.77. The molecule has 0 radical (unpaired) electrons. The Balaban J connectivity index is 1.62. The predicted octanol–water partition coefficient (Wildman–Crippen LogP) is 5.71. The number of para-hydroxylation sites is 1. The number of ether oxygens (including phenoxy) is 3. The molecule has 0 spiro atoms. The summed E-state index contributed by atoms with van der Waals surface area (Å²) in [5.41, 5.74) is 4.18. The second kappa shape index (κ2) is 7.69. The molecule has 2 atom stereocenters. The number of hydrogen-bond acceptors (Lipinski definition) is 5. The van der Waals surface area contributed by atoms with Crippen molar-refractivity contribution in [1.29, 1.82) is 0 Å². The Morgan fingerprint density at radius 3 is 2.53 bits per heavy atom. The lowest BCUT2D eigenvalue weighted by Crippen LogP contribution is -2.33. The highest BCUT2D eigenvalue weighted by Gasteiger charge is 2.42. The minimum Gasteiger partial charge on any atom is -0.497 e. The minimum atomic E-state index is -0.414. The lowest BCUT2D eigenvalue weighted by Gasteiger charge is -2.38. The SMILES string of the molecule is COc1ccc(OC)c([C@H]2Oc3ccccc3[C@@H]3CC(c4ccc(Br)cc4)=NN23)c1. The Morgan fingerprint density at radius 1 is 0.967 bits per heavy atom. The second-order valence-electron chi connectivity index (χ2n) is 7.27. The van der Waals surface area contributed by atoms with Gasteiger partial charge in [-0.15, -0.1) is 0 Å². The minimum absolute atomic E-state index is 0.0921. The average Bonchev–Trinajstić information content (AvgIpc) is 3.24. The molecule has 30 heavy (non-hydrogen) atoms. The third-order valence-corrected chi connectivity index (χ3v) is 6.11. The molecule has 152 valence electrons. The van der Waals surface area contributed by atoms with Crippen molar-refractivity contribution in [3.05, 3.63) is 87.9 Å². The van der Waals surface area contributed by atoms with Gasteiger partial charge in [-0.1, -0.05) is 46.3 Å². The van der Waals surface area contributed by atoms with Crippen LogP contribution in [0.4, 0.5) is 0 Å². The molecule has 0 N–H and O–H groups in total. The van der Waals surface area contributed by atoms with Gasteiger partial charge in [0.15, 0.2) is 0 Å². The fourth-order valence-electron chi connectivity index (χ4n) is 4.09. The van der Waals surface area contributed by atoms with Crippen molar-refractivity contribution in [2.45, 2.75) is 18.7 Å². The highest BCUT2D eigenvalue weighted by molar-refractivity contribution is 9.10. The summed E-state index contributed by atoms with van der Waals surface area (Å²) >= 11 is 3.51. The summed E-state index contributed by atoms with van der Waals surface area (Å²) in [6, 6.07) is 22.3. The Labute approximate surface area is 184 Å². The van der Waals surface area contributed by atoms with Crippen molar-refractivity contribution in [2.24, 2.45) is 5.10 Å². The summed E-state index contributed by atoms with van der Waals surface area (Å²) in [4.78, 5) is 0. The van der Waals surface area contributed by atoms with E-state index in [1.165, 1.54) is 0 Å². The van der Waals surface area contributed by atoms with Crippen molar-refractivity contribution < 1.29 is 14.2 Å². The third kappa shape index (κ3) is 3.21. The molecule has 0 amide bonds. The summed E-state index contributed by atoms with van der Waals surface area (Å²) in [6.07, 6.45) is 0.396. The van der Waals surface area contributed by atoms with Crippen LogP contribution >= 0.6 is 15.9 Å². The maximum Gasteiger partial charge on any atom is 0.217 e. The molecule has 0 saturated carbocycles. The van der Waals surface area contributed by atoms with Gasteiger partial charge in [0, 0.05) is 16.5 Å². The molecule has 0 aromatic heterocycles. The van der Waals surface area contributed by atoms with Crippen LogP contribution < -0.4 is 14.2 Å². The largest absolute Gasteiger partial charge is 0.497 e. The Morgan fingerprint density at radius 2 is 1.77 bits per heavy atom. The zero-order valence-electron chi connectivity index (χ0n) is 16.7. The lowest BCUT2D eigenvalue weighted by molar-refractivity contribution is -0.0204. The van der Waals surface area contributed by atoms with E-state index in [1.807, 2.05) is 48.5 Å². The molecule has 0 bridgehead atoms. The maximum absolute atomic E-state index is 6.45. The number of rotatable bonds is 4. The molecular weight excluding hydrogens is 444 g/mol. The zero-order chi connectivity index (χ0) is 20.7. The Kier molecular flexibility index (Phi) is 4.87. The lowest BCUT2D eigenvalue weighted by atomic mass is 9.96. The van der Waals surface area contributed by atoms with Gasteiger partial charge >= 0.3 is 0 Å². The van der Waals surface area contributed by atoms with Crippen molar-refractivity contribution in [2.75, 3.05) is 14.2 Å². The van der Waals surface area contributed by atoms with Gasteiger partial charge in [0.25, 0.3) is 0 Å². The number of nitrogens with zero attached hydrogens (tertiary/aromatic N) is 2. The van der Waals surface area contributed by atoms with Crippen molar-refractivity contribution in [3.63, 3.8) is 0 Å². The summed E-state index contributed by atoms with van der Waals surface area (Å²) in [5.74, 6) is 2.37. The summed E-state index contributed by atoms with van der Waals surface area (Å²) in [7, 11) is 3.32. The number of hydrazone groups is 1. The highest BCUT2D eigenvalue weighted by atomic mass is 79.9. The quantitative estimate of drug-likeness (QED) is 0.495. The number of fused-ring (bicyclic) bond motifs is 3. The fraction of sp³-hybridized carbons (Fsp3) is 0.208. The standard InChI is InChI=1S/C24H21BrN2O3/c1-28-17-11-12-22(29-2)19(13-17)24-27-21(18-5-3-4-6-23(18)30-24)14-20(26-27)15-7-9-16(25)10-8-15/h3-13,21,24H,14H2,1-2H3/t21-,24+/m0/s1. The van der Waals surface area contributed by atoms with E-state index in [0.717, 1.165) is 50.5 Å². The first-order valence-corrected chi connectivity index (χ1v) is 10.6. The molecule has 2 heterocycles. The van der Waals surface area contributed by atoms with Crippen molar-refractivity contribution >= 4 is 21.6 Å². The van der Waals surface area contributed by atoms with Crippen LogP contribution in [0.2, 0.25) is 0 Å². The van der Waals surface area contributed by atoms with Gasteiger partial charge in [-0.3, -0.25) is 0 Å². The topological polar surface area (TPSA) is 43.3 Å². The van der Waals surface area contributed by atoms with E-state index in [0.29, 0.717) is 0 Å². The van der Waals surface area contributed by atoms with E-state index in [2.05, 4.69) is 39.1 Å². The van der Waals surface area contributed by atoms with E-state index >= 15 is 0 Å². The monoisotopic (exact) mass is 464 g/mol. The maximum atomic E-state index is 6.45.